The van der Waals surface area contributed by atoms with Gasteiger partial charge in [-0.15, -0.1) is 0 Å². The maximum absolute atomic E-state index is 12.7. The molecule has 0 bridgehead atoms. The zero-order chi connectivity index (χ0) is 14.8. The maximum Gasteiger partial charge on any atom is 0.253 e. The van der Waals surface area contributed by atoms with Crippen molar-refractivity contribution in [2.24, 2.45) is 11.8 Å². The van der Waals surface area contributed by atoms with Gasteiger partial charge in [0.15, 0.2) is 0 Å². The van der Waals surface area contributed by atoms with Crippen molar-refractivity contribution in [3.05, 3.63) is 28.2 Å². The first-order chi connectivity index (χ1) is 10.2. The second-order valence-corrected chi connectivity index (χ2v) is 6.75. The number of nitrogens with zero attached hydrogens (tertiary/aromatic N) is 1. The van der Waals surface area contributed by atoms with Crippen LogP contribution in [0.2, 0.25) is 0 Å². The van der Waals surface area contributed by atoms with Gasteiger partial charge in [-0.1, -0.05) is 0 Å². The molecule has 1 amide bonds. The van der Waals surface area contributed by atoms with E-state index in [-0.39, 0.29) is 5.91 Å². The number of nitrogens with one attached hydrogen (secondary N) is 1. The molecular weight excluding hydrogens is 332 g/mol. The van der Waals surface area contributed by atoms with Gasteiger partial charge in [0.25, 0.3) is 5.91 Å². The predicted molar refractivity (Wildman–Crippen MR) is 85.7 cm³/mol. The minimum Gasteiger partial charge on any atom is -0.496 e. The van der Waals surface area contributed by atoms with Crippen molar-refractivity contribution in [2.75, 3.05) is 33.3 Å². The first-order valence-corrected chi connectivity index (χ1v) is 8.32. The summed E-state index contributed by atoms with van der Waals surface area (Å²) in [7, 11) is 1.63. The fourth-order valence-electron chi connectivity index (χ4n) is 3.40. The summed E-state index contributed by atoms with van der Waals surface area (Å²) in [6.45, 7) is 3.96. The summed E-state index contributed by atoms with van der Waals surface area (Å²) in [4.78, 5) is 14.7. The Balaban J connectivity index is 1.71. The standard InChI is InChI=1S/C16H21BrN2O2/c1-21-15-3-2-11(8-14(15)17)16(20)19-6-4-12-9-18-10-13(12)5-7-19/h2-3,8,12-13,18H,4-7,9-10H2,1H3/t12-,13+. The summed E-state index contributed by atoms with van der Waals surface area (Å²) in [6, 6.07) is 5.54. The van der Waals surface area contributed by atoms with Crippen LogP contribution in [-0.4, -0.2) is 44.1 Å². The third-order valence-electron chi connectivity index (χ3n) is 4.71. The van der Waals surface area contributed by atoms with Gasteiger partial charge in [-0.2, -0.15) is 0 Å². The number of hydrogen-bond donors (Lipinski definition) is 1. The van der Waals surface area contributed by atoms with E-state index in [0.717, 1.165) is 66.6 Å². The second kappa shape index (κ2) is 6.36. The molecule has 114 valence electrons. The molecule has 2 aliphatic rings. The third kappa shape index (κ3) is 3.09. The molecule has 2 atom stereocenters. The number of halogens is 1. The Morgan fingerprint density at radius 2 is 1.95 bits per heavy atom. The van der Waals surface area contributed by atoms with Crippen LogP contribution in [-0.2, 0) is 0 Å². The van der Waals surface area contributed by atoms with E-state index in [2.05, 4.69) is 21.2 Å². The minimum absolute atomic E-state index is 0.131. The Bertz CT molecular complexity index is 521. The van der Waals surface area contributed by atoms with E-state index in [9.17, 15) is 4.79 Å². The van der Waals surface area contributed by atoms with Gasteiger partial charge in [0.2, 0.25) is 0 Å². The number of likely N-dealkylation sites (tertiary alicyclic amines) is 1. The van der Waals surface area contributed by atoms with Crippen LogP contribution < -0.4 is 10.1 Å². The summed E-state index contributed by atoms with van der Waals surface area (Å²) in [5, 5.41) is 3.46. The van der Waals surface area contributed by atoms with Gasteiger partial charge in [-0.05, 0) is 71.9 Å². The van der Waals surface area contributed by atoms with Crippen molar-refractivity contribution in [2.45, 2.75) is 12.8 Å². The highest BCUT2D eigenvalue weighted by atomic mass is 79.9. The highest BCUT2D eigenvalue weighted by Crippen LogP contribution is 2.29. The van der Waals surface area contributed by atoms with Gasteiger partial charge in [0.05, 0.1) is 11.6 Å². The number of fused-ring (bicyclic) bond motifs is 1. The van der Waals surface area contributed by atoms with E-state index >= 15 is 0 Å². The number of methoxy groups -OCH3 is 1. The fraction of sp³-hybridized carbons (Fsp3) is 0.562. The SMILES string of the molecule is COc1ccc(C(=O)N2CC[C@@H]3CNC[C@@H]3CC2)cc1Br. The molecule has 0 radical (unpaired) electrons. The lowest BCUT2D eigenvalue weighted by atomic mass is 9.92. The second-order valence-electron chi connectivity index (χ2n) is 5.90. The van der Waals surface area contributed by atoms with Crippen molar-refractivity contribution in [1.82, 2.24) is 10.2 Å². The van der Waals surface area contributed by atoms with Crippen LogP contribution >= 0.6 is 15.9 Å². The van der Waals surface area contributed by atoms with Crippen molar-refractivity contribution in [1.29, 1.82) is 0 Å². The van der Waals surface area contributed by atoms with E-state index in [1.54, 1.807) is 7.11 Å². The lowest BCUT2D eigenvalue weighted by Crippen LogP contribution is -2.32. The van der Waals surface area contributed by atoms with Crippen LogP contribution in [0.3, 0.4) is 0 Å². The highest BCUT2D eigenvalue weighted by molar-refractivity contribution is 9.10. The predicted octanol–water partition coefficient (Wildman–Crippen LogP) is 2.53. The van der Waals surface area contributed by atoms with Crippen molar-refractivity contribution < 1.29 is 9.53 Å². The van der Waals surface area contributed by atoms with Gasteiger partial charge in [0, 0.05) is 18.7 Å². The normalized spacial score (nSPS) is 25.3. The summed E-state index contributed by atoms with van der Waals surface area (Å²) < 4.78 is 6.04. The van der Waals surface area contributed by atoms with Crippen LogP contribution in [0.5, 0.6) is 5.75 Å². The molecule has 5 heteroatoms. The van der Waals surface area contributed by atoms with E-state index in [1.807, 2.05) is 23.1 Å². The molecule has 1 aromatic rings. The molecule has 2 saturated heterocycles. The molecule has 0 saturated carbocycles. The molecular formula is C16H21BrN2O2. The molecule has 1 aromatic carbocycles. The summed E-state index contributed by atoms with van der Waals surface area (Å²) in [5.74, 6) is 2.37. The zero-order valence-electron chi connectivity index (χ0n) is 12.3. The van der Waals surface area contributed by atoms with E-state index < -0.39 is 0 Å². The smallest absolute Gasteiger partial charge is 0.253 e. The monoisotopic (exact) mass is 352 g/mol. The number of benzene rings is 1. The average Bonchev–Trinajstić information content (AvgIpc) is 2.85. The summed E-state index contributed by atoms with van der Waals surface area (Å²) in [6.07, 6.45) is 2.22. The largest absolute Gasteiger partial charge is 0.496 e. The Morgan fingerprint density at radius 1 is 1.29 bits per heavy atom. The molecule has 21 heavy (non-hydrogen) atoms. The first-order valence-electron chi connectivity index (χ1n) is 7.52. The van der Waals surface area contributed by atoms with Gasteiger partial charge in [0.1, 0.15) is 5.75 Å². The number of hydrogen-bond acceptors (Lipinski definition) is 3. The molecule has 2 fully saturated rings. The van der Waals surface area contributed by atoms with Crippen LogP contribution in [0.4, 0.5) is 0 Å². The van der Waals surface area contributed by atoms with Gasteiger partial charge < -0.3 is 15.0 Å². The third-order valence-corrected chi connectivity index (χ3v) is 5.33. The molecule has 4 nitrogen and oxygen atoms in total. The molecule has 0 aromatic heterocycles. The highest BCUT2D eigenvalue weighted by Gasteiger charge is 2.31. The van der Waals surface area contributed by atoms with Gasteiger partial charge >= 0.3 is 0 Å². The quantitative estimate of drug-likeness (QED) is 0.889. The Kier molecular flexibility index (Phi) is 4.50. The van der Waals surface area contributed by atoms with Gasteiger partial charge in [-0.25, -0.2) is 0 Å². The van der Waals surface area contributed by atoms with E-state index in [0.29, 0.717) is 0 Å². The van der Waals surface area contributed by atoms with Crippen molar-refractivity contribution >= 4 is 21.8 Å². The van der Waals surface area contributed by atoms with E-state index in [4.69, 9.17) is 4.74 Å². The molecule has 2 heterocycles. The van der Waals surface area contributed by atoms with Crippen LogP contribution in [0.25, 0.3) is 0 Å². The summed E-state index contributed by atoms with van der Waals surface area (Å²) in [5.41, 5.74) is 0.729. The van der Waals surface area contributed by atoms with Crippen LogP contribution in [0.1, 0.15) is 23.2 Å². The van der Waals surface area contributed by atoms with Crippen LogP contribution in [0.15, 0.2) is 22.7 Å². The van der Waals surface area contributed by atoms with Crippen LogP contribution in [0, 0.1) is 11.8 Å². The topological polar surface area (TPSA) is 41.6 Å². The number of ether oxygens (including phenoxy) is 1. The minimum atomic E-state index is 0.131. The number of carbonyl (C=O) groups excluding carboxylic acids is 1. The number of amides is 1. The Morgan fingerprint density at radius 3 is 2.52 bits per heavy atom. The average molecular weight is 353 g/mol. The molecule has 1 N–H and O–H groups in total. The zero-order valence-corrected chi connectivity index (χ0v) is 13.9. The molecule has 0 unspecified atom stereocenters. The lowest BCUT2D eigenvalue weighted by molar-refractivity contribution is 0.0758. The Hall–Kier alpha value is -1.07. The molecule has 0 spiro atoms. The van der Waals surface area contributed by atoms with Crippen molar-refractivity contribution in [3.8, 4) is 5.75 Å². The van der Waals surface area contributed by atoms with Gasteiger partial charge in [-0.3, -0.25) is 4.79 Å². The number of carbonyl (C=O) groups is 1. The van der Waals surface area contributed by atoms with Crippen molar-refractivity contribution in [3.63, 3.8) is 0 Å². The number of rotatable bonds is 2. The molecule has 0 aliphatic carbocycles. The maximum atomic E-state index is 12.7. The molecule has 3 rings (SSSR count). The summed E-state index contributed by atoms with van der Waals surface area (Å²) >= 11 is 3.45. The first kappa shape index (κ1) is 14.9. The molecule has 2 aliphatic heterocycles. The Labute approximate surface area is 134 Å². The fourth-order valence-corrected chi connectivity index (χ4v) is 3.94. The van der Waals surface area contributed by atoms with E-state index in [1.165, 1.54) is 0 Å². The lowest BCUT2D eigenvalue weighted by Gasteiger charge is -2.21.